The van der Waals surface area contributed by atoms with Gasteiger partial charge in [-0.1, -0.05) is 13.0 Å². The van der Waals surface area contributed by atoms with Gasteiger partial charge >= 0.3 is 0 Å². The van der Waals surface area contributed by atoms with Crippen molar-refractivity contribution >= 4 is 17.4 Å². The van der Waals surface area contributed by atoms with Gasteiger partial charge in [-0.25, -0.2) is 4.98 Å². The molecule has 8 nitrogen and oxygen atoms in total. The first-order valence-corrected chi connectivity index (χ1v) is 12.8. The lowest BCUT2D eigenvalue weighted by molar-refractivity contribution is -0.130. The van der Waals surface area contributed by atoms with Gasteiger partial charge in [0.15, 0.2) is 0 Å². The number of aromatic nitrogens is 2. The van der Waals surface area contributed by atoms with Crippen molar-refractivity contribution in [2.24, 2.45) is 5.92 Å². The zero-order valence-electron chi connectivity index (χ0n) is 21.4. The normalized spacial score (nSPS) is 20.9. The minimum absolute atomic E-state index is 0.0246. The van der Waals surface area contributed by atoms with E-state index in [-0.39, 0.29) is 48.8 Å². The lowest BCUT2D eigenvalue weighted by Crippen LogP contribution is -2.50. The zero-order valence-corrected chi connectivity index (χ0v) is 21.4. The Kier molecular flexibility index (Phi) is 8.36. The average molecular weight is 493 g/mol. The number of likely N-dealkylation sites (N-methyl/N-ethyl adjacent to an activating group) is 1. The first kappa shape index (κ1) is 25.8. The topological polar surface area (TPSA) is 95.9 Å². The highest BCUT2D eigenvalue weighted by Crippen LogP contribution is 2.32. The molecule has 0 radical (unpaired) electrons. The van der Waals surface area contributed by atoms with E-state index in [1.54, 1.807) is 35.4 Å². The van der Waals surface area contributed by atoms with Crippen LogP contribution >= 0.6 is 0 Å². The lowest BCUT2D eigenvalue weighted by Gasteiger charge is -2.37. The van der Waals surface area contributed by atoms with E-state index in [0.29, 0.717) is 18.7 Å². The number of aliphatic hydroxyl groups is 1. The molecule has 3 atom stereocenters. The van der Waals surface area contributed by atoms with Crippen LogP contribution in [0.2, 0.25) is 0 Å². The minimum Gasteiger partial charge on any atom is -0.472 e. The largest absolute Gasteiger partial charge is 0.472 e. The molecule has 2 aromatic heterocycles. The van der Waals surface area contributed by atoms with Crippen LogP contribution in [-0.4, -0.2) is 75.6 Å². The minimum atomic E-state index is -0.371. The summed E-state index contributed by atoms with van der Waals surface area (Å²) in [5.41, 5.74) is 3.46. The van der Waals surface area contributed by atoms with Gasteiger partial charge in [0.05, 0.1) is 25.6 Å². The average Bonchev–Trinajstić information content (AvgIpc) is 2.91. The number of carbonyl (C=O) groups excluding carboxylic acids is 2. The Hall–Kier alpha value is -3.26. The van der Waals surface area contributed by atoms with Crippen molar-refractivity contribution in [3.05, 3.63) is 59.6 Å². The van der Waals surface area contributed by atoms with Crippen LogP contribution in [-0.2, 0) is 11.2 Å². The van der Waals surface area contributed by atoms with Crippen LogP contribution in [0.1, 0.15) is 61.0 Å². The number of fused-ring (bicyclic) bond motifs is 1. The van der Waals surface area contributed by atoms with Gasteiger partial charge in [0.2, 0.25) is 11.8 Å². The van der Waals surface area contributed by atoms with Gasteiger partial charge in [-0.2, -0.15) is 0 Å². The summed E-state index contributed by atoms with van der Waals surface area (Å²) in [6, 6.07) is 5.19. The number of ether oxygens (including phenoxy) is 1. The number of pyridine rings is 2. The number of allylic oxidation sites excluding steroid dienone is 2. The van der Waals surface area contributed by atoms with E-state index < -0.39 is 0 Å². The highest BCUT2D eigenvalue weighted by atomic mass is 16.5. The van der Waals surface area contributed by atoms with Gasteiger partial charge in [0.1, 0.15) is 11.7 Å². The van der Waals surface area contributed by atoms with Gasteiger partial charge in [-0.3, -0.25) is 14.6 Å². The standard InChI is InChI=1S/C28H36N4O4/c1-19-16-32(20(2)18-33)28(35)24-14-23(22-7-5-4-6-8-22)15-30-27(24)36-25(19)17-31(3)26(34)13-21-9-11-29-12-10-21/h7,9-12,14-15,19-20,25,33H,4-6,8,13,16-18H2,1-3H3/t19-,20-,25+/m0/s1. The molecule has 3 heterocycles. The van der Waals surface area contributed by atoms with Crippen molar-refractivity contribution in [3.8, 4) is 5.88 Å². The van der Waals surface area contributed by atoms with Crippen LogP contribution in [0.3, 0.4) is 0 Å². The predicted octanol–water partition coefficient (Wildman–Crippen LogP) is 3.36. The Labute approximate surface area is 213 Å². The third kappa shape index (κ3) is 5.93. The number of aliphatic hydroxyl groups excluding tert-OH is 1. The molecule has 0 aromatic carbocycles. The van der Waals surface area contributed by atoms with E-state index in [4.69, 9.17) is 4.74 Å². The molecule has 1 aliphatic carbocycles. The summed E-state index contributed by atoms with van der Waals surface area (Å²) in [5, 5.41) is 9.88. The summed E-state index contributed by atoms with van der Waals surface area (Å²) >= 11 is 0. The van der Waals surface area contributed by atoms with E-state index >= 15 is 0 Å². The molecule has 1 aliphatic heterocycles. The van der Waals surface area contributed by atoms with E-state index in [0.717, 1.165) is 30.4 Å². The highest BCUT2D eigenvalue weighted by molar-refractivity contribution is 5.97. The Bertz CT molecular complexity index is 1100. The molecule has 0 fully saturated rings. The second-order valence-electron chi connectivity index (χ2n) is 9.98. The molecule has 0 unspecified atom stereocenters. The van der Waals surface area contributed by atoms with E-state index in [2.05, 4.69) is 16.0 Å². The van der Waals surface area contributed by atoms with Crippen molar-refractivity contribution < 1.29 is 19.4 Å². The summed E-state index contributed by atoms with van der Waals surface area (Å²) < 4.78 is 6.35. The Morgan fingerprint density at radius 2 is 2.08 bits per heavy atom. The number of rotatable bonds is 7. The summed E-state index contributed by atoms with van der Waals surface area (Å²) in [6.45, 7) is 4.47. The van der Waals surface area contributed by atoms with Crippen molar-refractivity contribution in [2.45, 2.75) is 58.1 Å². The molecular formula is C28H36N4O4. The molecule has 192 valence electrons. The fourth-order valence-electron chi connectivity index (χ4n) is 4.78. The van der Waals surface area contributed by atoms with E-state index in [1.807, 2.05) is 32.0 Å². The van der Waals surface area contributed by atoms with Crippen LogP contribution in [0.15, 0.2) is 42.9 Å². The van der Waals surface area contributed by atoms with Crippen LogP contribution in [0.25, 0.3) is 5.57 Å². The fraction of sp³-hybridized carbons (Fsp3) is 0.500. The Balaban J connectivity index is 1.61. The molecule has 0 saturated heterocycles. The maximum absolute atomic E-state index is 13.6. The van der Waals surface area contributed by atoms with Crippen LogP contribution in [0.4, 0.5) is 0 Å². The third-order valence-electron chi connectivity index (χ3n) is 7.17. The SMILES string of the molecule is C[C@H]1CN([C@@H](C)CO)C(=O)c2cc(C3=CCCCC3)cnc2O[C@@H]1CN(C)C(=O)Cc1ccncc1. The number of carbonyl (C=O) groups is 2. The van der Waals surface area contributed by atoms with Crippen molar-refractivity contribution in [1.82, 2.24) is 19.8 Å². The van der Waals surface area contributed by atoms with Gasteiger partial charge in [-0.15, -0.1) is 0 Å². The monoisotopic (exact) mass is 492 g/mol. The predicted molar refractivity (Wildman–Crippen MR) is 137 cm³/mol. The maximum atomic E-state index is 13.6. The fourth-order valence-corrected chi connectivity index (χ4v) is 4.78. The van der Waals surface area contributed by atoms with Crippen molar-refractivity contribution in [2.75, 3.05) is 26.7 Å². The molecular weight excluding hydrogens is 456 g/mol. The van der Waals surface area contributed by atoms with Crippen LogP contribution in [0, 0.1) is 5.92 Å². The number of amides is 2. The Morgan fingerprint density at radius 3 is 2.78 bits per heavy atom. The molecule has 36 heavy (non-hydrogen) atoms. The molecule has 2 aliphatic rings. The third-order valence-corrected chi connectivity index (χ3v) is 7.17. The number of hydrogen-bond donors (Lipinski definition) is 1. The molecule has 8 heteroatoms. The smallest absolute Gasteiger partial charge is 0.259 e. The maximum Gasteiger partial charge on any atom is 0.259 e. The highest BCUT2D eigenvalue weighted by Gasteiger charge is 2.35. The molecule has 0 spiro atoms. The summed E-state index contributed by atoms with van der Waals surface area (Å²) in [7, 11) is 1.77. The summed E-state index contributed by atoms with van der Waals surface area (Å²) in [6.07, 6.45) is 11.6. The first-order chi connectivity index (χ1) is 17.4. The summed E-state index contributed by atoms with van der Waals surface area (Å²) in [4.78, 5) is 38.5. The van der Waals surface area contributed by atoms with Crippen molar-refractivity contribution in [1.29, 1.82) is 0 Å². The zero-order chi connectivity index (χ0) is 25.7. The molecule has 1 N–H and O–H groups in total. The quantitative estimate of drug-likeness (QED) is 0.637. The number of nitrogens with zero attached hydrogens (tertiary/aromatic N) is 4. The van der Waals surface area contributed by atoms with Gasteiger partial charge in [0, 0.05) is 38.1 Å². The second-order valence-corrected chi connectivity index (χ2v) is 9.98. The second kappa shape index (κ2) is 11.6. The first-order valence-electron chi connectivity index (χ1n) is 12.8. The van der Waals surface area contributed by atoms with Crippen LogP contribution in [0.5, 0.6) is 5.88 Å². The Morgan fingerprint density at radius 1 is 1.31 bits per heavy atom. The molecule has 2 aromatic rings. The molecule has 2 amide bonds. The lowest BCUT2D eigenvalue weighted by atomic mass is 9.93. The van der Waals surface area contributed by atoms with E-state index in [9.17, 15) is 14.7 Å². The number of hydrogen-bond acceptors (Lipinski definition) is 6. The van der Waals surface area contributed by atoms with E-state index in [1.165, 1.54) is 12.0 Å². The van der Waals surface area contributed by atoms with Crippen LogP contribution < -0.4 is 4.74 Å². The molecule has 0 bridgehead atoms. The summed E-state index contributed by atoms with van der Waals surface area (Å²) in [5.74, 6) is -0.0233. The van der Waals surface area contributed by atoms with Gasteiger partial charge in [-0.05, 0) is 67.5 Å². The molecule has 0 saturated carbocycles. The van der Waals surface area contributed by atoms with Crippen molar-refractivity contribution in [3.63, 3.8) is 0 Å². The van der Waals surface area contributed by atoms with Gasteiger partial charge < -0.3 is 19.6 Å². The molecule has 4 rings (SSSR count). The van der Waals surface area contributed by atoms with Gasteiger partial charge in [0.25, 0.3) is 5.91 Å².